The third-order valence-electron chi connectivity index (χ3n) is 4.50. The normalized spacial score (nSPS) is 24.0. The van der Waals surface area contributed by atoms with Crippen LogP contribution in [0.2, 0.25) is 0 Å². The van der Waals surface area contributed by atoms with Crippen molar-refractivity contribution in [2.24, 2.45) is 11.8 Å². The van der Waals surface area contributed by atoms with Gasteiger partial charge in [0.15, 0.2) is 0 Å². The number of fused-ring (bicyclic) bond motifs is 2. The van der Waals surface area contributed by atoms with E-state index in [1.165, 1.54) is 18.2 Å². The molecule has 2 unspecified atom stereocenters. The molecule has 2 heterocycles. The van der Waals surface area contributed by atoms with Crippen LogP contribution in [0, 0.1) is 11.8 Å². The molecule has 2 aliphatic heterocycles. The number of benzene rings is 1. The van der Waals surface area contributed by atoms with Gasteiger partial charge < -0.3 is 10.6 Å². The molecule has 130 valence electrons. The van der Waals surface area contributed by atoms with E-state index < -0.39 is 17.8 Å². The first kappa shape index (κ1) is 16.8. The highest BCUT2D eigenvalue weighted by Crippen LogP contribution is 2.32. The fraction of sp³-hybridized carbons (Fsp3) is 0.500. The quantitative estimate of drug-likeness (QED) is 0.865. The van der Waals surface area contributed by atoms with Crippen LogP contribution in [-0.2, 0) is 17.5 Å². The third-order valence-corrected chi connectivity index (χ3v) is 4.50. The molecule has 2 fully saturated rings. The van der Waals surface area contributed by atoms with Crippen LogP contribution >= 0.6 is 0 Å². The molecule has 2 aliphatic rings. The molecule has 24 heavy (non-hydrogen) atoms. The van der Waals surface area contributed by atoms with E-state index in [2.05, 4.69) is 10.6 Å². The molecule has 2 saturated heterocycles. The molecule has 2 bridgehead atoms. The average molecular weight is 341 g/mol. The first-order chi connectivity index (χ1) is 11.4. The van der Waals surface area contributed by atoms with Gasteiger partial charge in [-0.3, -0.25) is 9.69 Å². The molecule has 1 aromatic carbocycles. The number of carbonyl (C=O) groups excluding carboxylic acids is 2. The lowest BCUT2D eigenvalue weighted by atomic mass is 9.85. The van der Waals surface area contributed by atoms with E-state index in [0.29, 0.717) is 13.1 Å². The number of amides is 3. The number of carbonyl (C=O) groups is 2. The molecular formula is C16H18F3N3O2. The molecule has 8 heteroatoms. The van der Waals surface area contributed by atoms with Crippen LogP contribution in [0.4, 0.5) is 18.0 Å². The lowest BCUT2D eigenvalue weighted by Crippen LogP contribution is -2.58. The number of rotatable bonds is 2. The van der Waals surface area contributed by atoms with Gasteiger partial charge >= 0.3 is 12.2 Å². The summed E-state index contributed by atoms with van der Waals surface area (Å²) in [5, 5.41) is 5.60. The van der Waals surface area contributed by atoms with Crippen LogP contribution in [0.5, 0.6) is 0 Å². The summed E-state index contributed by atoms with van der Waals surface area (Å²) in [4.78, 5) is 25.7. The van der Waals surface area contributed by atoms with Crippen molar-refractivity contribution in [1.82, 2.24) is 15.5 Å². The van der Waals surface area contributed by atoms with Gasteiger partial charge in [0, 0.05) is 19.6 Å². The second-order valence-electron chi connectivity index (χ2n) is 6.22. The van der Waals surface area contributed by atoms with Crippen molar-refractivity contribution in [1.29, 1.82) is 0 Å². The Bertz CT molecular complexity index is 648. The predicted molar refractivity (Wildman–Crippen MR) is 79.9 cm³/mol. The summed E-state index contributed by atoms with van der Waals surface area (Å²) in [6, 6.07) is 4.45. The van der Waals surface area contributed by atoms with Crippen LogP contribution < -0.4 is 10.6 Å². The van der Waals surface area contributed by atoms with Crippen LogP contribution in [0.15, 0.2) is 24.3 Å². The number of piperidine rings is 2. The van der Waals surface area contributed by atoms with Crippen LogP contribution in [0.25, 0.3) is 0 Å². The Kier molecular flexibility index (Phi) is 4.49. The standard InChI is InChI=1S/C16H18F3N3O2/c17-16(18,19)13-4-2-1-3-11(13)8-21-15(24)22-9-10-5-12(14(22)23)7-20-6-10/h1-4,10,12,20H,5-9H2,(H,21,24). The number of hydrogen-bond acceptors (Lipinski definition) is 3. The predicted octanol–water partition coefficient (Wildman–Crippen LogP) is 1.98. The summed E-state index contributed by atoms with van der Waals surface area (Å²) >= 11 is 0. The van der Waals surface area contributed by atoms with Gasteiger partial charge in [-0.05, 0) is 30.5 Å². The first-order valence-electron chi connectivity index (χ1n) is 7.81. The summed E-state index contributed by atoms with van der Waals surface area (Å²) in [7, 11) is 0. The van der Waals surface area contributed by atoms with Gasteiger partial charge in [-0.2, -0.15) is 13.2 Å². The monoisotopic (exact) mass is 341 g/mol. The summed E-state index contributed by atoms with van der Waals surface area (Å²) in [6.45, 7) is 1.31. The zero-order chi connectivity index (χ0) is 17.3. The smallest absolute Gasteiger partial charge is 0.334 e. The number of likely N-dealkylation sites (tertiary alicyclic amines) is 1. The Labute approximate surface area is 137 Å². The van der Waals surface area contributed by atoms with Crippen LogP contribution in [0.1, 0.15) is 17.5 Å². The minimum Gasteiger partial charge on any atom is -0.334 e. The maximum absolute atomic E-state index is 13.0. The molecule has 2 N–H and O–H groups in total. The van der Waals surface area contributed by atoms with E-state index >= 15 is 0 Å². The van der Waals surface area contributed by atoms with Gasteiger partial charge in [0.05, 0.1) is 11.5 Å². The average Bonchev–Trinajstić information content (AvgIpc) is 2.56. The Morgan fingerprint density at radius 3 is 2.79 bits per heavy atom. The lowest BCUT2D eigenvalue weighted by Gasteiger charge is -2.39. The zero-order valence-electron chi connectivity index (χ0n) is 12.9. The van der Waals surface area contributed by atoms with E-state index in [1.54, 1.807) is 0 Å². The molecular weight excluding hydrogens is 323 g/mol. The van der Waals surface area contributed by atoms with Crippen molar-refractivity contribution in [3.8, 4) is 0 Å². The van der Waals surface area contributed by atoms with E-state index in [1.807, 2.05) is 0 Å². The molecule has 0 saturated carbocycles. The van der Waals surface area contributed by atoms with Gasteiger partial charge in [0.25, 0.3) is 0 Å². The van der Waals surface area contributed by atoms with Crippen molar-refractivity contribution >= 4 is 11.9 Å². The second kappa shape index (κ2) is 6.43. The minimum atomic E-state index is -4.48. The van der Waals surface area contributed by atoms with Crippen molar-refractivity contribution in [2.75, 3.05) is 19.6 Å². The Hall–Kier alpha value is -2.09. The van der Waals surface area contributed by atoms with Crippen LogP contribution in [0.3, 0.4) is 0 Å². The molecule has 5 nitrogen and oxygen atoms in total. The highest BCUT2D eigenvalue weighted by molar-refractivity contribution is 5.96. The van der Waals surface area contributed by atoms with Gasteiger partial charge in [0.1, 0.15) is 0 Å². The number of imide groups is 1. The SMILES string of the molecule is O=C(NCc1ccccc1C(F)(F)F)N1CC2CNCC(C2)C1=O. The van der Waals surface area contributed by atoms with E-state index in [4.69, 9.17) is 0 Å². The Morgan fingerprint density at radius 1 is 1.29 bits per heavy atom. The number of nitrogens with one attached hydrogen (secondary N) is 2. The van der Waals surface area contributed by atoms with E-state index in [-0.39, 0.29) is 29.9 Å². The highest BCUT2D eigenvalue weighted by atomic mass is 19.4. The summed E-state index contributed by atoms with van der Waals surface area (Å²) in [5.41, 5.74) is -0.805. The number of urea groups is 1. The summed E-state index contributed by atoms with van der Waals surface area (Å²) in [6.07, 6.45) is -3.72. The first-order valence-corrected chi connectivity index (χ1v) is 7.81. The van der Waals surface area contributed by atoms with Gasteiger partial charge in [-0.1, -0.05) is 18.2 Å². The van der Waals surface area contributed by atoms with E-state index in [0.717, 1.165) is 23.9 Å². The fourth-order valence-electron chi connectivity index (χ4n) is 3.33. The number of hydrogen-bond donors (Lipinski definition) is 2. The molecule has 0 aromatic heterocycles. The maximum Gasteiger partial charge on any atom is 0.416 e. The molecule has 2 atom stereocenters. The molecule has 3 rings (SSSR count). The largest absolute Gasteiger partial charge is 0.416 e. The number of halogens is 3. The molecule has 3 amide bonds. The fourth-order valence-corrected chi connectivity index (χ4v) is 3.33. The highest BCUT2D eigenvalue weighted by Gasteiger charge is 2.39. The molecule has 0 aliphatic carbocycles. The lowest BCUT2D eigenvalue weighted by molar-refractivity contribution is -0.139. The van der Waals surface area contributed by atoms with Crippen molar-refractivity contribution in [2.45, 2.75) is 19.1 Å². The van der Waals surface area contributed by atoms with Gasteiger partial charge in [-0.15, -0.1) is 0 Å². The van der Waals surface area contributed by atoms with Gasteiger partial charge in [0.2, 0.25) is 5.91 Å². The zero-order valence-corrected chi connectivity index (χ0v) is 12.9. The van der Waals surface area contributed by atoms with Crippen molar-refractivity contribution < 1.29 is 22.8 Å². The van der Waals surface area contributed by atoms with Crippen molar-refractivity contribution in [3.05, 3.63) is 35.4 Å². The minimum absolute atomic E-state index is 0.0235. The Morgan fingerprint density at radius 2 is 2.04 bits per heavy atom. The maximum atomic E-state index is 13.0. The summed E-state index contributed by atoms with van der Waals surface area (Å²) < 4.78 is 38.9. The molecule has 1 aromatic rings. The van der Waals surface area contributed by atoms with Crippen LogP contribution in [-0.4, -0.2) is 36.5 Å². The van der Waals surface area contributed by atoms with Crippen molar-refractivity contribution in [3.63, 3.8) is 0 Å². The third kappa shape index (κ3) is 3.38. The second-order valence-corrected chi connectivity index (χ2v) is 6.22. The number of nitrogens with zero attached hydrogens (tertiary/aromatic N) is 1. The van der Waals surface area contributed by atoms with E-state index in [9.17, 15) is 22.8 Å². The van der Waals surface area contributed by atoms with Gasteiger partial charge in [-0.25, -0.2) is 4.79 Å². The molecule has 0 spiro atoms. The Balaban J connectivity index is 1.67. The number of alkyl halides is 3. The summed E-state index contributed by atoms with van der Waals surface area (Å²) in [5.74, 6) is -0.291. The topological polar surface area (TPSA) is 61.4 Å². The molecule has 0 radical (unpaired) electrons.